The Hall–Kier alpha value is -0.640. The Bertz CT molecular complexity index is 241. The summed E-state index contributed by atoms with van der Waals surface area (Å²) < 4.78 is 23.6. The van der Waals surface area contributed by atoms with Crippen molar-refractivity contribution in [3.05, 3.63) is 0 Å². The number of nitrogens with zero attached hydrogens (tertiary/aromatic N) is 1. The number of aliphatic hydroxyl groups is 1. The quantitative estimate of drug-likeness (QED) is 0.566. The molecule has 0 bridgehead atoms. The van der Waals surface area contributed by atoms with Crippen LogP contribution in [0, 0.1) is 11.3 Å². The van der Waals surface area contributed by atoms with E-state index in [-0.39, 0.29) is 6.61 Å². The van der Waals surface area contributed by atoms with E-state index in [1.165, 1.54) is 13.0 Å². The summed E-state index contributed by atoms with van der Waals surface area (Å²) in [6.45, 7) is 1.24. The number of nitriles is 1. The van der Waals surface area contributed by atoms with Gasteiger partial charge in [0.05, 0.1) is 12.7 Å². The van der Waals surface area contributed by atoms with Crippen molar-refractivity contribution in [3.8, 4) is 6.07 Å². The predicted octanol–water partition coefficient (Wildman–Crippen LogP) is -1.19. The van der Waals surface area contributed by atoms with Crippen LogP contribution >= 0.6 is 0 Å². The van der Waals surface area contributed by atoms with Gasteiger partial charge in [-0.3, -0.25) is 0 Å². The van der Waals surface area contributed by atoms with Gasteiger partial charge in [0.15, 0.2) is 5.75 Å². The van der Waals surface area contributed by atoms with E-state index in [2.05, 4.69) is 4.72 Å². The second kappa shape index (κ2) is 4.28. The van der Waals surface area contributed by atoms with Crippen LogP contribution in [0.15, 0.2) is 0 Å². The molecule has 0 aromatic carbocycles. The molecule has 64 valence electrons. The van der Waals surface area contributed by atoms with E-state index in [4.69, 9.17) is 10.4 Å². The van der Waals surface area contributed by atoms with Crippen molar-refractivity contribution < 1.29 is 13.5 Å². The van der Waals surface area contributed by atoms with Gasteiger partial charge in [-0.25, -0.2) is 13.1 Å². The van der Waals surface area contributed by atoms with Gasteiger partial charge in [0.2, 0.25) is 10.0 Å². The summed E-state index contributed by atoms with van der Waals surface area (Å²) >= 11 is 0. The van der Waals surface area contributed by atoms with Gasteiger partial charge in [-0.1, -0.05) is 0 Å². The maximum atomic E-state index is 10.8. The SMILES string of the molecule is C[C@H](CO)NS(=O)(=O)CC#N. The first-order valence-corrected chi connectivity index (χ1v) is 4.65. The number of sulfonamides is 1. The van der Waals surface area contributed by atoms with E-state index in [0.29, 0.717) is 0 Å². The number of aliphatic hydroxyl groups excluding tert-OH is 1. The summed E-state index contributed by atoms with van der Waals surface area (Å²) in [5, 5.41) is 16.5. The molecular formula is C5H10N2O3S. The minimum absolute atomic E-state index is 0.273. The van der Waals surface area contributed by atoms with Crippen molar-refractivity contribution in [2.24, 2.45) is 0 Å². The number of nitrogens with one attached hydrogen (secondary N) is 1. The van der Waals surface area contributed by atoms with Crippen LogP contribution in [0.4, 0.5) is 0 Å². The summed E-state index contributed by atoms with van der Waals surface area (Å²) in [7, 11) is -3.51. The fourth-order valence-electron chi connectivity index (χ4n) is 0.470. The van der Waals surface area contributed by atoms with Gasteiger partial charge in [-0.15, -0.1) is 0 Å². The largest absolute Gasteiger partial charge is 0.395 e. The van der Waals surface area contributed by atoms with Gasteiger partial charge in [-0.05, 0) is 6.92 Å². The van der Waals surface area contributed by atoms with E-state index < -0.39 is 21.8 Å². The van der Waals surface area contributed by atoms with Crippen molar-refractivity contribution in [2.75, 3.05) is 12.4 Å². The molecule has 0 heterocycles. The highest BCUT2D eigenvalue weighted by Crippen LogP contribution is 1.86. The Kier molecular flexibility index (Phi) is 4.03. The average Bonchev–Trinajstić information content (AvgIpc) is 1.86. The molecule has 11 heavy (non-hydrogen) atoms. The molecule has 0 aromatic rings. The Morgan fingerprint density at radius 2 is 2.27 bits per heavy atom. The maximum absolute atomic E-state index is 10.8. The number of hydrogen-bond acceptors (Lipinski definition) is 4. The van der Waals surface area contributed by atoms with Gasteiger partial charge < -0.3 is 5.11 Å². The topological polar surface area (TPSA) is 90.2 Å². The molecule has 1 atom stereocenters. The standard InChI is InChI=1S/C5H10N2O3S/c1-5(4-8)7-11(9,10)3-2-6/h5,7-8H,3-4H2,1H3/t5-/m1/s1. The Morgan fingerprint density at radius 1 is 1.73 bits per heavy atom. The lowest BCUT2D eigenvalue weighted by Gasteiger charge is -2.08. The molecule has 0 rings (SSSR count). The molecule has 5 nitrogen and oxygen atoms in total. The third-order valence-electron chi connectivity index (χ3n) is 0.909. The van der Waals surface area contributed by atoms with Gasteiger partial charge >= 0.3 is 0 Å². The number of hydrogen-bond donors (Lipinski definition) is 2. The van der Waals surface area contributed by atoms with E-state index in [0.717, 1.165) is 0 Å². The molecule has 0 fully saturated rings. The first kappa shape index (κ1) is 10.4. The third-order valence-corrected chi connectivity index (χ3v) is 2.18. The van der Waals surface area contributed by atoms with Crippen LogP contribution in [-0.4, -0.2) is 31.9 Å². The van der Waals surface area contributed by atoms with Crippen molar-refractivity contribution >= 4 is 10.0 Å². The zero-order valence-electron chi connectivity index (χ0n) is 6.11. The van der Waals surface area contributed by atoms with Crippen LogP contribution in [0.2, 0.25) is 0 Å². The van der Waals surface area contributed by atoms with Crippen LogP contribution in [0.5, 0.6) is 0 Å². The summed E-state index contributed by atoms with van der Waals surface area (Å²) in [6.07, 6.45) is 0. The summed E-state index contributed by atoms with van der Waals surface area (Å²) in [4.78, 5) is 0. The van der Waals surface area contributed by atoms with Gasteiger partial charge in [-0.2, -0.15) is 5.26 Å². The highest BCUT2D eigenvalue weighted by Gasteiger charge is 2.12. The van der Waals surface area contributed by atoms with Gasteiger partial charge in [0.25, 0.3) is 0 Å². The summed E-state index contributed by atoms with van der Waals surface area (Å²) in [6, 6.07) is 0.971. The molecule has 2 N–H and O–H groups in total. The Morgan fingerprint density at radius 3 is 2.64 bits per heavy atom. The lowest BCUT2D eigenvalue weighted by molar-refractivity contribution is 0.265. The molecule has 0 aromatic heterocycles. The first-order valence-electron chi connectivity index (χ1n) is 2.99. The molecule has 0 spiro atoms. The van der Waals surface area contributed by atoms with Crippen LogP contribution in [0.1, 0.15) is 6.92 Å². The lowest BCUT2D eigenvalue weighted by atomic mass is 10.4. The molecule has 0 unspecified atom stereocenters. The molecule has 0 radical (unpaired) electrons. The van der Waals surface area contributed by atoms with E-state index in [1.54, 1.807) is 0 Å². The molecule has 0 aliphatic rings. The van der Waals surface area contributed by atoms with Crippen LogP contribution in [0.25, 0.3) is 0 Å². The lowest BCUT2D eigenvalue weighted by Crippen LogP contribution is -2.36. The minimum atomic E-state index is -3.51. The fraction of sp³-hybridized carbons (Fsp3) is 0.800. The van der Waals surface area contributed by atoms with E-state index in [9.17, 15) is 8.42 Å². The predicted molar refractivity (Wildman–Crippen MR) is 39.1 cm³/mol. The van der Waals surface area contributed by atoms with Crippen LogP contribution < -0.4 is 4.72 Å². The zero-order chi connectivity index (χ0) is 8.91. The Labute approximate surface area is 65.7 Å². The van der Waals surface area contributed by atoms with Crippen molar-refractivity contribution in [1.29, 1.82) is 5.26 Å². The van der Waals surface area contributed by atoms with Crippen LogP contribution in [-0.2, 0) is 10.0 Å². The summed E-state index contributed by atoms with van der Waals surface area (Å²) in [5.74, 6) is -0.572. The Balaban J connectivity index is 4.05. The number of rotatable bonds is 4. The molecule has 0 amide bonds. The van der Waals surface area contributed by atoms with Gasteiger partial charge in [0, 0.05) is 6.04 Å². The monoisotopic (exact) mass is 178 g/mol. The smallest absolute Gasteiger partial charge is 0.225 e. The second-order valence-electron chi connectivity index (χ2n) is 2.12. The average molecular weight is 178 g/mol. The van der Waals surface area contributed by atoms with E-state index in [1.807, 2.05) is 0 Å². The minimum Gasteiger partial charge on any atom is -0.395 e. The second-order valence-corrected chi connectivity index (χ2v) is 3.87. The highest BCUT2D eigenvalue weighted by molar-refractivity contribution is 7.89. The van der Waals surface area contributed by atoms with Gasteiger partial charge in [0.1, 0.15) is 0 Å². The first-order chi connectivity index (χ1) is 5.02. The van der Waals surface area contributed by atoms with Crippen molar-refractivity contribution in [2.45, 2.75) is 13.0 Å². The molecule has 0 aliphatic carbocycles. The highest BCUT2D eigenvalue weighted by atomic mass is 32.2. The maximum Gasteiger partial charge on any atom is 0.225 e. The molecule has 0 saturated carbocycles. The van der Waals surface area contributed by atoms with Crippen molar-refractivity contribution in [3.63, 3.8) is 0 Å². The molecular weight excluding hydrogens is 168 g/mol. The third kappa shape index (κ3) is 4.72. The van der Waals surface area contributed by atoms with Crippen molar-refractivity contribution in [1.82, 2.24) is 4.72 Å². The molecule has 0 saturated heterocycles. The molecule has 0 aliphatic heterocycles. The molecule has 6 heteroatoms. The summed E-state index contributed by atoms with van der Waals surface area (Å²) in [5.41, 5.74) is 0. The zero-order valence-corrected chi connectivity index (χ0v) is 6.93. The van der Waals surface area contributed by atoms with Crippen LogP contribution in [0.3, 0.4) is 0 Å². The fourth-order valence-corrected chi connectivity index (χ4v) is 1.41. The normalized spacial score (nSPS) is 13.9. The van der Waals surface area contributed by atoms with E-state index >= 15 is 0 Å².